The van der Waals surface area contributed by atoms with Crippen molar-refractivity contribution in [2.24, 2.45) is 0 Å². The van der Waals surface area contributed by atoms with Crippen LogP contribution in [0.5, 0.6) is 11.5 Å². The summed E-state index contributed by atoms with van der Waals surface area (Å²) in [6.45, 7) is 0.952. The lowest BCUT2D eigenvalue weighted by molar-refractivity contribution is 0.0602. The fourth-order valence-corrected chi connectivity index (χ4v) is 2.46. The van der Waals surface area contributed by atoms with Gasteiger partial charge < -0.3 is 24.8 Å². The largest absolute Gasteiger partial charge is 0.497 e. The van der Waals surface area contributed by atoms with Gasteiger partial charge in [0.15, 0.2) is 5.82 Å². The summed E-state index contributed by atoms with van der Waals surface area (Å²) in [5, 5.41) is 14.0. The third-order valence-corrected chi connectivity index (χ3v) is 3.87. The van der Waals surface area contributed by atoms with Gasteiger partial charge in [0, 0.05) is 0 Å². The first-order valence-corrected chi connectivity index (χ1v) is 8.84. The Morgan fingerprint density at radius 2 is 1.79 bits per heavy atom. The van der Waals surface area contributed by atoms with Crippen LogP contribution in [-0.4, -0.2) is 48.5 Å². The van der Waals surface area contributed by atoms with Crippen molar-refractivity contribution in [1.29, 1.82) is 0 Å². The van der Waals surface area contributed by atoms with Crippen molar-refractivity contribution < 1.29 is 19.0 Å². The molecule has 0 aliphatic rings. The molecule has 1 heterocycles. The van der Waals surface area contributed by atoms with E-state index in [4.69, 9.17) is 14.2 Å². The highest BCUT2D eigenvalue weighted by Gasteiger charge is 2.12. The van der Waals surface area contributed by atoms with Crippen LogP contribution < -0.4 is 20.1 Å². The second kappa shape index (κ2) is 9.88. The SMILES string of the molecule is COC(=O)c1ccccc1Nc1nncc(NCCOc2ccc(OC)cc2)n1. The van der Waals surface area contributed by atoms with Crippen LogP contribution >= 0.6 is 0 Å². The van der Waals surface area contributed by atoms with Gasteiger partial charge in [-0.2, -0.15) is 10.1 Å². The number of anilines is 3. The first-order chi connectivity index (χ1) is 14.2. The van der Waals surface area contributed by atoms with E-state index in [0.29, 0.717) is 30.2 Å². The number of carbonyl (C=O) groups excluding carboxylic acids is 1. The molecule has 0 radical (unpaired) electrons. The number of hydrogen-bond donors (Lipinski definition) is 2. The highest BCUT2D eigenvalue weighted by Crippen LogP contribution is 2.20. The maximum Gasteiger partial charge on any atom is 0.339 e. The summed E-state index contributed by atoms with van der Waals surface area (Å²) in [5.74, 6) is 1.84. The molecule has 0 bridgehead atoms. The Balaban J connectivity index is 1.55. The molecule has 150 valence electrons. The minimum Gasteiger partial charge on any atom is -0.497 e. The molecule has 0 saturated carbocycles. The van der Waals surface area contributed by atoms with Gasteiger partial charge >= 0.3 is 5.97 Å². The summed E-state index contributed by atoms with van der Waals surface area (Å²) in [7, 11) is 2.95. The van der Waals surface area contributed by atoms with Crippen LogP contribution in [0.1, 0.15) is 10.4 Å². The fourth-order valence-electron chi connectivity index (χ4n) is 2.46. The molecule has 9 nitrogen and oxygen atoms in total. The molecule has 2 aromatic carbocycles. The molecule has 0 spiro atoms. The van der Waals surface area contributed by atoms with Gasteiger partial charge in [0.2, 0.25) is 5.95 Å². The highest BCUT2D eigenvalue weighted by atomic mass is 16.5. The number of ether oxygens (including phenoxy) is 3. The minimum atomic E-state index is -0.453. The lowest BCUT2D eigenvalue weighted by Crippen LogP contribution is -2.13. The van der Waals surface area contributed by atoms with E-state index >= 15 is 0 Å². The average Bonchev–Trinajstić information content (AvgIpc) is 2.77. The van der Waals surface area contributed by atoms with E-state index in [1.54, 1.807) is 31.4 Å². The molecule has 1 aromatic heterocycles. The molecular weight excluding hydrogens is 374 g/mol. The molecule has 3 rings (SSSR count). The molecule has 2 N–H and O–H groups in total. The van der Waals surface area contributed by atoms with Crippen LogP contribution in [0, 0.1) is 0 Å². The van der Waals surface area contributed by atoms with Gasteiger partial charge in [-0.15, -0.1) is 5.10 Å². The number of carbonyl (C=O) groups is 1. The number of para-hydroxylation sites is 1. The maximum absolute atomic E-state index is 11.9. The normalized spacial score (nSPS) is 10.1. The van der Waals surface area contributed by atoms with Gasteiger partial charge in [-0.3, -0.25) is 0 Å². The van der Waals surface area contributed by atoms with Crippen molar-refractivity contribution in [2.75, 3.05) is 38.0 Å². The molecule has 3 aromatic rings. The van der Waals surface area contributed by atoms with Gasteiger partial charge in [-0.25, -0.2) is 4.79 Å². The predicted octanol–water partition coefficient (Wildman–Crippen LogP) is 2.90. The molecule has 0 fully saturated rings. The van der Waals surface area contributed by atoms with Crippen molar-refractivity contribution in [3.8, 4) is 11.5 Å². The lowest BCUT2D eigenvalue weighted by atomic mass is 10.2. The lowest BCUT2D eigenvalue weighted by Gasteiger charge is -2.11. The Hall–Kier alpha value is -3.88. The van der Waals surface area contributed by atoms with Crippen molar-refractivity contribution in [3.63, 3.8) is 0 Å². The van der Waals surface area contributed by atoms with Crippen molar-refractivity contribution >= 4 is 23.4 Å². The van der Waals surface area contributed by atoms with E-state index < -0.39 is 5.97 Å². The highest BCUT2D eigenvalue weighted by molar-refractivity contribution is 5.96. The van der Waals surface area contributed by atoms with Gasteiger partial charge in [0.25, 0.3) is 0 Å². The zero-order valence-electron chi connectivity index (χ0n) is 16.1. The Morgan fingerprint density at radius 3 is 2.55 bits per heavy atom. The summed E-state index contributed by atoms with van der Waals surface area (Å²) >= 11 is 0. The number of benzene rings is 2. The minimum absolute atomic E-state index is 0.252. The molecule has 0 amide bonds. The first-order valence-electron chi connectivity index (χ1n) is 8.84. The second-order valence-electron chi connectivity index (χ2n) is 5.78. The summed E-state index contributed by atoms with van der Waals surface area (Å²) in [6.07, 6.45) is 1.50. The van der Waals surface area contributed by atoms with E-state index in [0.717, 1.165) is 11.5 Å². The van der Waals surface area contributed by atoms with Gasteiger partial charge in [-0.05, 0) is 36.4 Å². The Morgan fingerprint density at radius 1 is 1.03 bits per heavy atom. The van der Waals surface area contributed by atoms with E-state index in [-0.39, 0.29) is 5.95 Å². The topological polar surface area (TPSA) is 107 Å². The molecule has 0 saturated heterocycles. The number of nitrogens with zero attached hydrogens (tertiary/aromatic N) is 3. The second-order valence-corrected chi connectivity index (χ2v) is 5.78. The number of esters is 1. The van der Waals surface area contributed by atoms with E-state index in [2.05, 4.69) is 25.8 Å². The fraction of sp³-hybridized carbons (Fsp3) is 0.200. The number of methoxy groups -OCH3 is 2. The Bertz CT molecular complexity index is 950. The molecule has 29 heavy (non-hydrogen) atoms. The molecule has 0 atom stereocenters. The van der Waals surface area contributed by atoms with E-state index in [1.807, 2.05) is 24.3 Å². The number of hydrogen-bond acceptors (Lipinski definition) is 9. The summed E-state index contributed by atoms with van der Waals surface area (Å²) in [5.41, 5.74) is 0.908. The Kier molecular flexibility index (Phi) is 6.77. The van der Waals surface area contributed by atoms with E-state index in [1.165, 1.54) is 13.3 Å². The summed E-state index contributed by atoms with van der Waals surface area (Å²) in [6, 6.07) is 14.3. The smallest absolute Gasteiger partial charge is 0.339 e. The van der Waals surface area contributed by atoms with Crippen LogP contribution in [0.2, 0.25) is 0 Å². The van der Waals surface area contributed by atoms with Crippen molar-refractivity contribution in [1.82, 2.24) is 15.2 Å². The predicted molar refractivity (Wildman–Crippen MR) is 108 cm³/mol. The molecule has 0 aliphatic carbocycles. The van der Waals surface area contributed by atoms with Crippen molar-refractivity contribution in [2.45, 2.75) is 0 Å². The average molecular weight is 395 g/mol. The van der Waals surface area contributed by atoms with Crippen molar-refractivity contribution in [3.05, 3.63) is 60.3 Å². The molecule has 9 heteroatoms. The van der Waals surface area contributed by atoms with Crippen LogP contribution in [0.3, 0.4) is 0 Å². The van der Waals surface area contributed by atoms with Gasteiger partial charge in [-0.1, -0.05) is 12.1 Å². The van der Waals surface area contributed by atoms with Gasteiger partial charge in [0.1, 0.15) is 18.1 Å². The third kappa shape index (κ3) is 5.55. The van der Waals surface area contributed by atoms with Crippen LogP contribution in [0.25, 0.3) is 0 Å². The monoisotopic (exact) mass is 395 g/mol. The summed E-state index contributed by atoms with van der Waals surface area (Å²) < 4.78 is 15.6. The standard InChI is InChI=1S/C20H21N5O4/c1-27-14-7-9-15(10-8-14)29-12-11-21-18-13-22-25-20(24-18)23-17-6-4-3-5-16(17)19(26)28-2/h3-10,13H,11-12H2,1-2H3,(H2,21,23,24,25). The molecular formula is C20H21N5O4. The van der Waals surface area contributed by atoms with E-state index in [9.17, 15) is 4.79 Å². The number of rotatable bonds is 9. The number of nitrogens with one attached hydrogen (secondary N) is 2. The van der Waals surface area contributed by atoms with Crippen LogP contribution in [0.15, 0.2) is 54.7 Å². The Labute approximate surface area is 168 Å². The number of aromatic nitrogens is 3. The summed E-state index contributed by atoms with van der Waals surface area (Å²) in [4.78, 5) is 16.2. The van der Waals surface area contributed by atoms with Gasteiger partial charge in [0.05, 0.1) is 38.2 Å². The van der Waals surface area contributed by atoms with Crippen LogP contribution in [-0.2, 0) is 4.74 Å². The molecule has 0 aliphatic heterocycles. The zero-order chi connectivity index (χ0) is 20.5. The first kappa shape index (κ1) is 19.9. The third-order valence-electron chi connectivity index (χ3n) is 3.87. The zero-order valence-corrected chi connectivity index (χ0v) is 16.1. The van der Waals surface area contributed by atoms with Crippen LogP contribution in [0.4, 0.5) is 17.5 Å². The molecule has 0 unspecified atom stereocenters. The maximum atomic E-state index is 11.9. The quantitative estimate of drug-likeness (QED) is 0.418.